The van der Waals surface area contributed by atoms with Gasteiger partial charge in [0.1, 0.15) is 11.5 Å². The Kier molecular flexibility index (Phi) is 7.78. The molecule has 0 radical (unpaired) electrons. The van der Waals surface area contributed by atoms with E-state index in [0.717, 1.165) is 24.2 Å². The molecule has 2 aliphatic rings. The molecule has 1 aromatic heterocycles. The number of fused-ring (bicyclic) bond motifs is 1. The number of benzene rings is 2. The summed E-state index contributed by atoms with van der Waals surface area (Å²) in [4.78, 5) is 19.8. The molecule has 3 heterocycles. The largest absolute Gasteiger partial charge is 0.457 e. The van der Waals surface area contributed by atoms with Gasteiger partial charge in [0.2, 0.25) is 0 Å². The number of alkyl halides is 2. The first-order valence-corrected chi connectivity index (χ1v) is 12.7. The fraction of sp³-hybridized carbons (Fsp3) is 0.345. The minimum absolute atomic E-state index is 0.00117. The van der Waals surface area contributed by atoms with E-state index in [1.807, 2.05) is 25.8 Å². The van der Waals surface area contributed by atoms with Crippen molar-refractivity contribution in [3.63, 3.8) is 0 Å². The van der Waals surface area contributed by atoms with Crippen molar-refractivity contribution in [3.05, 3.63) is 71.4 Å². The quantitative estimate of drug-likeness (QED) is 0.286. The maximum Gasteiger partial charge on any atom is 0.356 e. The highest BCUT2D eigenvalue weighted by atomic mass is 19.3. The zero-order valence-electron chi connectivity index (χ0n) is 22.3. The van der Waals surface area contributed by atoms with E-state index in [2.05, 4.69) is 10.3 Å². The Morgan fingerprint density at radius 1 is 1.16 bits per heavy atom. The molecule has 7 nitrogen and oxygen atoms in total. The fourth-order valence-corrected chi connectivity index (χ4v) is 4.66. The Morgan fingerprint density at radius 3 is 2.53 bits per heavy atom. The highest BCUT2D eigenvalue weighted by Crippen LogP contribution is 2.44. The summed E-state index contributed by atoms with van der Waals surface area (Å²) in [5.74, 6) is 0.402. The lowest BCUT2D eigenvalue weighted by molar-refractivity contribution is -0.132. The van der Waals surface area contributed by atoms with Crippen molar-refractivity contribution in [1.29, 1.82) is 5.41 Å². The van der Waals surface area contributed by atoms with Gasteiger partial charge in [-0.2, -0.15) is 8.78 Å². The number of halogens is 2. The lowest BCUT2D eigenvalue weighted by atomic mass is 10.0. The average molecular weight is 522 g/mol. The Balaban J connectivity index is 0.00000164. The van der Waals surface area contributed by atoms with Gasteiger partial charge in [-0.3, -0.25) is 14.7 Å². The molecule has 0 aliphatic carbocycles. The van der Waals surface area contributed by atoms with Gasteiger partial charge >= 0.3 is 6.05 Å². The Labute approximate surface area is 221 Å². The third-order valence-corrected chi connectivity index (χ3v) is 6.92. The van der Waals surface area contributed by atoms with Crippen LogP contribution in [0.5, 0.6) is 11.5 Å². The van der Waals surface area contributed by atoms with Gasteiger partial charge in [-0.15, -0.1) is 0 Å². The zero-order valence-corrected chi connectivity index (χ0v) is 22.3. The first kappa shape index (κ1) is 27.2. The highest BCUT2D eigenvalue weighted by molar-refractivity contribution is 6.01. The first-order valence-electron chi connectivity index (χ1n) is 12.7. The minimum Gasteiger partial charge on any atom is -0.457 e. The minimum atomic E-state index is -3.38. The predicted molar refractivity (Wildman–Crippen MR) is 146 cm³/mol. The molecule has 5 rings (SSSR count). The summed E-state index contributed by atoms with van der Waals surface area (Å²) in [5, 5.41) is 10.9. The van der Waals surface area contributed by atoms with E-state index in [1.165, 1.54) is 12.1 Å². The summed E-state index contributed by atoms with van der Waals surface area (Å²) < 4.78 is 36.7. The van der Waals surface area contributed by atoms with E-state index in [1.54, 1.807) is 56.6 Å². The first-order chi connectivity index (χ1) is 18.2. The Hall–Kier alpha value is -3.85. The second-order valence-corrected chi connectivity index (χ2v) is 9.20. The molecular weight excluding hydrogens is 488 g/mol. The van der Waals surface area contributed by atoms with Crippen LogP contribution in [-0.2, 0) is 6.05 Å². The number of hydrogen-bond acceptors (Lipinski definition) is 6. The molecular formula is C29H33F2N5O2. The summed E-state index contributed by atoms with van der Waals surface area (Å²) >= 11 is 0. The van der Waals surface area contributed by atoms with Gasteiger partial charge in [0.05, 0.1) is 16.8 Å². The van der Waals surface area contributed by atoms with Crippen molar-refractivity contribution in [2.75, 3.05) is 32.5 Å². The van der Waals surface area contributed by atoms with Gasteiger partial charge in [-0.05, 0) is 57.3 Å². The fourth-order valence-electron chi connectivity index (χ4n) is 4.66. The van der Waals surface area contributed by atoms with Crippen molar-refractivity contribution in [1.82, 2.24) is 14.8 Å². The van der Waals surface area contributed by atoms with E-state index in [9.17, 15) is 4.79 Å². The lowest BCUT2D eigenvalue weighted by Crippen LogP contribution is -2.53. The van der Waals surface area contributed by atoms with Gasteiger partial charge in [0.25, 0.3) is 5.91 Å². The monoisotopic (exact) mass is 521 g/mol. The Morgan fingerprint density at radius 2 is 1.89 bits per heavy atom. The smallest absolute Gasteiger partial charge is 0.356 e. The average Bonchev–Trinajstić information content (AvgIpc) is 3.11. The van der Waals surface area contributed by atoms with E-state index in [-0.39, 0.29) is 23.7 Å². The summed E-state index contributed by atoms with van der Waals surface area (Å²) in [6, 6.07) is 9.73. The van der Waals surface area contributed by atoms with Crippen molar-refractivity contribution in [2.45, 2.75) is 39.3 Å². The van der Waals surface area contributed by atoms with E-state index >= 15 is 8.78 Å². The van der Waals surface area contributed by atoms with E-state index < -0.39 is 12.0 Å². The second-order valence-electron chi connectivity index (χ2n) is 9.20. The molecule has 2 aromatic carbocycles. The highest BCUT2D eigenvalue weighted by Gasteiger charge is 2.52. The second kappa shape index (κ2) is 10.9. The molecule has 2 N–H and O–H groups in total. The number of amides is 1. The van der Waals surface area contributed by atoms with Crippen LogP contribution in [0, 0.1) is 5.41 Å². The number of nitrogens with one attached hydrogen (secondary N) is 2. The molecule has 1 saturated heterocycles. The van der Waals surface area contributed by atoms with Crippen LogP contribution in [0.25, 0.3) is 11.3 Å². The number of hydrogen-bond donors (Lipinski definition) is 2. The SMILES string of the molecule is CC.CNc1cc(Oc2ccnc(-c3ccc4c(c3)C(F)(F)N(C[C@@H]3CCN3C)C4=O)c2)ccc1C(C)=N. The van der Waals surface area contributed by atoms with Crippen molar-refractivity contribution >= 4 is 17.3 Å². The number of pyridine rings is 1. The number of aromatic nitrogens is 1. The van der Waals surface area contributed by atoms with Crippen LogP contribution in [0.2, 0.25) is 0 Å². The molecule has 3 aromatic rings. The molecule has 1 amide bonds. The van der Waals surface area contributed by atoms with Crippen LogP contribution in [0.15, 0.2) is 54.7 Å². The predicted octanol–water partition coefficient (Wildman–Crippen LogP) is 6.21. The molecule has 9 heteroatoms. The summed E-state index contributed by atoms with van der Waals surface area (Å²) in [5.41, 5.74) is 2.62. The van der Waals surface area contributed by atoms with Crippen LogP contribution >= 0.6 is 0 Å². The van der Waals surface area contributed by atoms with E-state index in [4.69, 9.17) is 10.1 Å². The van der Waals surface area contributed by atoms with Gasteiger partial charge in [-0.25, -0.2) is 0 Å². The number of carbonyl (C=O) groups excluding carboxylic acids is 1. The molecule has 0 saturated carbocycles. The number of ether oxygens (including phenoxy) is 1. The van der Waals surface area contributed by atoms with Crippen LogP contribution < -0.4 is 10.1 Å². The summed E-state index contributed by atoms with van der Waals surface area (Å²) in [6.07, 6.45) is 2.35. The molecule has 1 fully saturated rings. The molecule has 38 heavy (non-hydrogen) atoms. The van der Waals surface area contributed by atoms with Gasteiger partial charge < -0.3 is 20.4 Å². The van der Waals surface area contributed by atoms with Crippen LogP contribution in [0.4, 0.5) is 14.5 Å². The summed E-state index contributed by atoms with van der Waals surface area (Å²) in [6.45, 7) is 6.56. The van der Waals surface area contributed by atoms with Crippen LogP contribution in [0.3, 0.4) is 0 Å². The Bertz CT molecular complexity index is 1360. The van der Waals surface area contributed by atoms with Crippen molar-refractivity contribution in [3.8, 4) is 22.8 Å². The maximum atomic E-state index is 15.3. The number of carbonyl (C=O) groups is 1. The summed E-state index contributed by atoms with van der Waals surface area (Å²) in [7, 11) is 3.65. The molecule has 0 spiro atoms. The van der Waals surface area contributed by atoms with Crippen LogP contribution in [0.1, 0.15) is 48.7 Å². The third kappa shape index (κ3) is 4.98. The third-order valence-electron chi connectivity index (χ3n) is 6.92. The lowest BCUT2D eigenvalue weighted by Gasteiger charge is -2.41. The molecule has 0 unspecified atom stereocenters. The zero-order chi connectivity index (χ0) is 27.6. The standard InChI is InChI=1S/C27H27F2N5O2.C2H6/c1-16(30)21-7-5-19(14-25(21)31-2)36-20-8-10-32-24(13-20)17-4-6-22-23(12-17)27(28,29)34(26(22)35)15-18-9-11-33(18)3;1-2/h4-8,10,12-14,18,30-31H,9,11,15H2,1-3H3;1-2H3/t18-;/m0./s1. The molecule has 200 valence electrons. The van der Waals surface area contributed by atoms with Gasteiger partial charge in [0.15, 0.2) is 0 Å². The molecule has 1 atom stereocenters. The molecule has 0 bridgehead atoms. The van der Waals surface area contributed by atoms with Gasteiger partial charge in [-0.1, -0.05) is 19.9 Å². The number of rotatable bonds is 7. The number of likely N-dealkylation sites (N-methyl/N-ethyl adjacent to an activating group) is 1. The number of anilines is 1. The normalized spacial score (nSPS) is 17.7. The number of likely N-dealkylation sites (tertiary alicyclic amines) is 1. The van der Waals surface area contributed by atoms with Crippen molar-refractivity contribution < 1.29 is 18.3 Å². The van der Waals surface area contributed by atoms with Gasteiger partial charge in [0, 0.05) is 60.5 Å². The van der Waals surface area contributed by atoms with Crippen molar-refractivity contribution in [2.24, 2.45) is 0 Å². The van der Waals surface area contributed by atoms with E-state index in [0.29, 0.717) is 33.4 Å². The molecule has 2 aliphatic heterocycles. The van der Waals surface area contributed by atoms with Crippen LogP contribution in [-0.4, -0.2) is 59.6 Å². The number of nitrogens with zero attached hydrogens (tertiary/aromatic N) is 3. The maximum absolute atomic E-state index is 15.3. The topological polar surface area (TPSA) is 81.6 Å².